The average Bonchev–Trinajstić information content (AvgIpc) is 2.58. The van der Waals surface area contributed by atoms with Crippen LogP contribution in [0, 0.1) is 0 Å². The fourth-order valence-electron chi connectivity index (χ4n) is 2.96. The van der Waals surface area contributed by atoms with Crippen LogP contribution in [0.5, 0.6) is 0 Å². The summed E-state index contributed by atoms with van der Waals surface area (Å²) in [4.78, 5) is 12.2. The Morgan fingerprint density at radius 2 is 1.41 bits per heavy atom. The topological polar surface area (TPSA) is 60.4 Å². The van der Waals surface area contributed by atoms with Crippen LogP contribution >= 0.6 is 16.8 Å². The molecule has 160 valence electrons. The monoisotopic (exact) mass is 419 g/mol. The van der Waals surface area contributed by atoms with Crippen LogP contribution in [0.2, 0.25) is 0 Å². The number of likely N-dealkylation sites (N-methyl/N-ethyl adjacent to an activating group) is 1. The number of hydrogen-bond donors (Lipinski definition) is 1. The molecule has 0 aliphatic heterocycles. The van der Waals surface area contributed by atoms with Crippen molar-refractivity contribution in [2.75, 3.05) is 21.1 Å². The van der Waals surface area contributed by atoms with Crippen LogP contribution in [0.15, 0.2) is 0 Å². The summed E-state index contributed by atoms with van der Waals surface area (Å²) in [5.74, 6) is -0.950. The first-order valence-electron chi connectivity index (χ1n) is 10.7. The highest BCUT2D eigenvalue weighted by Crippen LogP contribution is 2.33. The van der Waals surface area contributed by atoms with E-state index in [1.807, 2.05) is 21.1 Å². The third-order valence-electron chi connectivity index (χ3n) is 4.66. The lowest BCUT2D eigenvalue weighted by molar-refractivity contribution is -0.882. The quantitative estimate of drug-likeness (QED) is 0.211. The summed E-state index contributed by atoms with van der Waals surface area (Å²) in [5, 5.41) is 23.0. The Balaban J connectivity index is 4.52. The molecule has 3 unspecified atom stereocenters. The van der Waals surface area contributed by atoms with E-state index in [1.165, 1.54) is 38.5 Å². The van der Waals surface area contributed by atoms with Crippen molar-refractivity contribution in [2.45, 2.75) is 103 Å². The van der Waals surface area contributed by atoms with Gasteiger partial charge >= 0.3 is 0 Å². The molecule has 0 amide bonds. The molecule has 0 aliphatic rings. The maximum atomic E-state index is 12.4. The van der Waals surface area contributed by atoms with E-state index in [0.29, 0.717) is 25.5 Å². The van der Waals surface area contributed by atoms with Crippen LogP contribution in [0.25, 0.3) is 0 Å². The molecule has 0 heterocycles. The smallest absolute Gasteiger partial charge is 0.158 e. The number of carbonyl (C=O) groups is 1. The van der Waals surface area contributed by atoms with Gasteiger partial charge in [-0.25, -0.2) is 0 Å². The van der Waals surface area contributed by atoms with Crippen molar-refractivity contribution < 1.29 is 19.5 Å². The van der Waals surface area contributed by atoms with Crippen LogP contribution in [-0.2, 0) is 4.79 Å². The second-order valence-electron chi connectivity index (χ2n) is 8.39. The van der Waals surface area contributed by atoms with Crippen LogP contribution in [0.3, 0.4) is 0 Å². The minimum atomic E-state index is -0.723. The second-order valence-corrected chi connectivity index (χ2v) is 11.1. The minimum Gasteiger partial charge on any atom is -0.827 e. The lowest BCUT2D eigenvalue weighted by Gasteiger charge is -2.35. The Hall–Kier alpha value is 0.150. The highest BCUT2D eigenvalue weighted by atomic mass is 31.1. The number of nitrogens with zero attached hydrogens (tertiary/aromatic N) is 1. The molecule has 0 aromatic rings. The van der Waals surface area contributed by atoms with E-state index in [4.69, 9.17) is 0 Å². The molecule has 0 radical (unpaired) electrons. The highest BCUT2D eigenvalue weighted by molar-refractivity contribution is 7.59. The van der Waals surface area contributed by atoms with Crippen molar-refractivity contribution in [3.63, 3.8) is 0 Å². The van der Waals surface area contributed by atoms with Crippen molar-refractivity contribution in [1.29, 1.82) is 0 Å². The molecule has 27 heavy (non-hydrogen) atoms. The van der Waals surface area contributed by atoms with Gasteiger partial charge in [0.25, 0.3) is 0 Å². The molecular weight excluding hydrogens is 376 g/mol. The third-order valence-corrected chi connectivity index (χ3v) is 7.88. The number of quaternary nitrogens is 1. The Kier molecular flexibility index (Phi) is 16.1. The van der Waals surface area contributed by atoms with E-state index in [-0.39, 0.29) is 25.4 Å². The molecule has 0 rings (SSSR count). The zero-order chi connectivity index (χ0) is 20.7. The van der Waals surface area contributed by atoms with Gasteiger partial charge in [0.05, 0.1) is 21.1 Å². The summed E-state index contributed by atoms with van der Waals surface area (Å²) in [6.07, 6.45) is 12.4. The molecule has 6 heteroatoms. The molecule has 0 aromatic heterocycles. The predicted molar refractivity (Wildman–Crippen MR) is 120 cm³/mol. The third kappa shape index (κ3) is 14.8. The molecule has 3 atom stereocenters. The summed E-state index contributed by atoms with van der Waals surface area (Å²) in [6, 6.07) is 0. The zero-order valence-corrected chi connectivity index (χ0v) is 20.2. The number of unbranched alkanes of at least 4 members (excludes halogenated alkanes) is 8. The minimum absolute atomic E-state index is 0.111. The maximum absolute atomic E-state index is 12.4. The number of rotatable bonds is 17. The number of aliphatic hydroxyl groups is 1. The Morgan fingerprint density at radius 1 is 0.926 bits per heavy atom. The van der Waals surface area contributed by atoms with E-state index in [1.54, 1.807) is 0 Å². The number of hydrogen-bond acceptors (Lipinski definition) is 3. The largest absolute Gasteiger partial charge is 0.827 e. The normalized spacial score (nSPS) is 15.4. The van der Waals surface area contributed by atoms with E-state index in [9.17, 15) is 15.0 Å². The van der Waals surface area contributed by atoms with Gasteiger partial charge in [0.15, 0.2) is 11.3 Å². The second kappa shape index (κ2) is 16.0. The summed E-state index contributed by atoms with van der Waals surface area (Å²) in [7, 11) is 6.53. The summed E-state index contributed by atoms with van der Waals surface area (Å²) < 4.78 is 0.501. The molecule has 0 bridgehead atoms. The molecule has 0 spiro atoms. The van der Waals surface area contributed by atoms with Gasteiger partial charge in [0.1, 0.15) is 5.85 Å². The first-order valence-corrected chi connectivity index (χ1v) is 12.8. The molecule has 1 N–H and O–H groups in total. The van der Waals surface area contributed by atoms with Crippen LogP contribution in [0.1, 0.15) is 90.9 Å². The molecule has 0 saturated heterocycles. The van der Waals surface area contributed by atoms with E-state index >= 15 is 0 Å². The average molecular weight is 420 g/mol. The molecule has 0 aliphatic carbocycles. The molecule has 0 fully saturated rings. The number of carbonyl (C=O) groups excluding carboxylic acids is 1. The van der Waals surface area contributed by atoms with Crippen LogP contribution in [0.4, 0.5) is 0 Å². The summed E-state index contributed by atoms with van der Waals surface area (Å²) in [6.45, 7) is 4.36. The number of aliphatic hydroxyl groups excluding tert-OH is 1. The summed E-state index contributed by atoms with van der Waals surface area (Å²) in [5.41, 5.74) is 0.347. The Bertz CT molecular complexity index is 422. The van der Waals surface area contributed by atoms with E-state index in [2.05, 4.69) is 13.8 Å². The van der Waals surface area contributed by atoms with Gasteiger partial charge in [-0.05, 0) is 21.4 Å². The van der Waals surface area contributed by atoms with Crippen molar-refractivity contribution in [3.05, 3.63) is 0 Å². The SMILES string of the molecule is CCCCCCCC(=O)PC(O)C(P=C([O-])CCCCCCC)[N+](C)(C)C. The molecule has 0 saturated carbocycles. The van der Waals surface area contributed by atoms with Gasteiger partial charge in [-0.1, -0.05) is 79.8 Å². The van der Waals surface area contributed by atoms with E-state index in [0.717, 1.165) is 25.7 Å². The van der Waals surface area contributed by atoms with Crippen molar-refractivity contribution >= 4 is 27.8 Å². The summed E-state index contributed by atoms with van der Waals surface area (Å²) >= 11 is 0. The van der Waals surface area contributed by atoms with Gasteiger partial charge in [-0.3, -0.25) is 4.79 Å². The van der Waals surface area contributed by atoms with Gasteiger partial charge in [-0.15, -0.1) is 5.48 Å². The van der Waals surface area contributed by atoms with Crippen LogP contribution < -0.4 is 5.11 Å². The predicted octanol–water partition coefficient (Wildman–Crippen LogP) is 4.70. The lowest BCUT2D eigenvalue weighted by atomic mass is 10.1. The van der Waals surface area contributed by atoms with Gasteiger partial charge in [0.2, 0.25) is 0 Å². The van der Waals surface area contributed by atoms with Crippen LogP contribution in [-0.4, -0.2) is 53.4 Å². The van der Waals surface area contributed by atoms with Crippen molar-refractivity contribution in [1.82, 2.24) is 0 Å². The first-order chi connectivity index (χ1) is 12.7. The maximum Gasteiger partial charge on any atom is 0.158 e. The standard InChI is InChI=1S/C21H43NO3P2/c1-6-8-10-12-14-16-18(23)26-20(22(3,4)5)21(25)27-19(24)17-15-13-11-9-7-2/h20-21,25,27H,6-17H2,1-5H3. The van der Waals surface area contributed by atoms with Crippen molar-refractivity contribution in [2.24, 2.45) is 0 Å². The molecule has 0 aromatic carbocycles. The van der Waals surface area contributed by atoms with Crippen molar-refractivity contribution in [3.8, 4) is 0 Å². The fourth-order valence-corrected chi connectivity index (χ4v) is 5.72. The zero-order valence-electron chi connectivity index (χ0n) is 18.3. The fraction of sp³-hybridized carbons (Fsp3) is 0.905. The first kappa shape index (κ1) is 27.1. The molecular formula is C21H43NO3P2. The lowest BCUT2D eigenvalue weighted by Crippen LogP contribution is -2.48. The van der Waals surface area contributed by atoms with Gasteiger partial charge in [-0.2, -0.15) is 0 Å². The van der Waals surface area contributed by atoms with E-state index < -0.39 is 5.85 Å². The Morgan fingerprint density at radius 3 is 1.89 bits per heavy atom. The Labute approximate surface area is 171 Å². The highest BCUT2D eigenvalue weighted by Gasteiger charge is 2.31. The van der Waals surface area contributed by atoms with Gasteiger partial charge in [0, 0.05) is 6.42 Å². The molecule has 4 nitrogen and oxygen atoms in total. The van der Waals surface area contributed by atoms with Gasteiger partial charge < -0.3 is 14.7 Å².